The Labute approximate surface area is 128 Å². The Morgan fingerprint density at radius 3 is 2.85 bits per heavy atom. The van der Waals surface area contributed by atoms with Crippen LogP contribution in [0.2, 0.25) is 5.02 Å². The molecule has 2 rings (SSSR count). The van der Waals surface area contributed by atoms with Gasteiger partial charge in [0.15, 0.2) is 0 Å². The maximum Gasteiger partial charge on any atom is 0.0409 e. The molecule has 1 fully saturated rings. The molecule has 3 heteroatoms. The number of benzene rings is 1. The maximum absolute atomic E-state index is 6.09. The molecule has 0 aromatic heterocycles. The van der Waals surface area contributed by atoms with E-state index in [1.165, 1.54) is 31.5 Å². The molecule has 0 spiro atoms. The van der Waals surface area contributed by atoms with E-state index in [0.717, 1.165) is 18.0 Å². The van der Waals surface area contributed by atoms with E-state index in [2.05, 4.69) is 36.2 Å². The number of nitrogens with one attached hydrogen (secondary N) is 1. The molecular weight excluding hydrogens is 268 g/mol. The molecular formula is C17H27ClN2. The van der Waals surface area contributed by atoms with Crippen molar-refractivity contribution in [1.82, 2.24) is 10.2 Å². The summed E-state index contributed by atoms with van der Waals surface area (Å²) in [7, 11) is 2.03. The predicted molar refractivity (Wildman–Crippen MR) is 87.3 cm³/mol. The lowest BCUT2D eigenvalue weighted by Crippen LogP contribution is -2.41. The monoisotopic (exact) mass is 294 g/mol. The van der Waals surface area contributed by atoms with Gasteiger partial charge in [0.1, 0.15) is 0 Å². The molecule has 0 amide bonds. The summed E-state index contributed by atoms with van der Waals surface area (Å²) in [5.41, 5.74) is 1.76. The lowest BCUT2D eigenvalue weighted by Gasteiger charge is -2.38. The van der Waals surface area contributed by atoms with Gasteiger partial charge in [0, 0.05) is 17.6 Å². The Morgan fingerprint density at radius 2 is 2.20 bits per heavy atom. The summed E-state index contributed by atoms with van der Waals surface area (Å²) in [6, 6.07) is 8.59. The second-order valence-electron chi connectivity index (χ2n) is 6.73. The highest BCUT2D eigenvalue weighted by molar-refractivity contribution is 6.30. The first-order chi connectivity index (χ1) is 9.50. The van der Waals surface area contributed by atoms with E-state index < -0.39 is 0 Å². The van der Waals surface area contributed by atoms with Gasteiger partial charge in [-0.15, -0.1) is 0 Å². The summed E-state index contributed by atoms with van der Waals surface area (Å²) in [6.45, 7) is 8.38. The first-order valence-electron chi connectivity index (χ1n) is 7.65. The second kappa shape index (κ2) is 6.93. The highest BCUT2D eigenvalue weighted by Crippen LogP contribution is 2.29. The fourth-order valence-corrected chi connectivity index (χ4v) is 3.45. The van der Waals surface area contributed by atoms with E-state index in [9.17, 15) is 0 Å². The molecule has 1 atom stereocenters. The molecule has 0 bridgehead atoms. The minimum absolute atomic E-state index is 0.388. The van der Waals surface area contributed by atoms with Gasteiger partial charge in [-0.25, -0.2) is 0 Å². The number of hydrogen-bond donors (Lipinski definition) is 1. The van der Waals surface area contributed by atoms with Crippen LogP contribution in [0.5, 0.6) is 0 Å². The number of piperidine rings is 1. The summed E-state index contributed by atoms with van der Waals surface area (Å²) in [5, 5.41) is 4.24. The molecule has 112 valence electrons. The smallest absolute Gasteiger partial charge is 0.0409 e. The van der Waals surface area contributed by atoms with Gasteiger partial charge in [0.25, 0.3) is 0 Å². The van der Waals surface area contributed by atoms with Gasteiger partial charge in [-0.2, -0.15) is 0 Å². The molecule has 1 saturated heterocycles. The fourth-order valence-electron chi connectivity index (χ4n) is 3.25. The Kier molecular flexibility index (Phi) is 5.48. The van der Waals surface area contributed by atoms with E-state index in [-0.39, 0.29) is 0 Å². The first kappa shape index (κ1) is 15.8. The minimum atomic E-state index is 0.388. The topological polar surface area (TPSA) is 15.3 Å². The van der Waals surface area contributed by atoms with Crippen molar-refractivity contribution in [2.24, 2.45) is 5.41 Å². The third kappa shape index (κ3) is 4.47. The molecule has 1 aromatic carbocycles. The van der Waals surface area contributed by atoms with Crippen LogP contribution in [0, 0.1) is 5.41 Å². The number of rotatable bonds is 5. The van der Waals surface area contributed by atoms with Gasteiger partial charge in [0.2, 0.25) is 0 Å². The average Bonchev–Trinajstić information content (AvgIpc) is 2.38. The molecule has 0 radical (unpaired) electrons. The molecule has 0 aliphatic carbocycles. The highest BCUT2D eigenvalue weighted by atomic mass is 35.5. The van der Waals surface area contributed by atoms with E-state index in [1.54, 1.807) is 0 Å². The van der Waals surface area contributed by atoms with Crippen molar-refractivity contribution in [2.45, 2.75) is 39.2 Å². The number of hydrogen-bond acceptors (Lipinski definition) is 2. The van der Waals surface area contributed by atoms with Crippen molar-refractivity contribution in [2.75, 3.05) is 26.7 Å². The van der Waals surface area contributed by atoms with Crippen LogP contribution in [0.15, 0.2) is 24.3 Å². The molecule has 1 unspecified atom stereocenters. The zero-order valence-electron chi connectivity index (χ0n) is 13.0. The van der Waals surface area contributed by atoms with E-state index in [1.807, 2.05) is 19.2 Å². The van der Waals surface area contributed by atoms with Gasteiger partial charge in [-0.05, 0) is 62.5 Å². The van der Waals surface area contributed by atoms with Gasteiger partial charge in [0.05, 0.1) is 0 Å². The maximum atomic E-state index is 6.09. The van der Waals surface area contributed by atoms with E-state index >= 15 is 0 Å². The second-order valence-corrected chi connectivity index (χ2v) is 7.17. The molecule has 1 aliphatic heterocycles. The number of halogens is 1. The zero-order valence-corrected chi connectivity index (χ0v) is 13.7. The van der Waals surface area contributed by atoms with E-state index in [4.69, 9.17) is 11.6 Å². The van der Waals surface area contributed by atoms with Crippen LogP contribution in [-0.4, -0.2) is 31.6 Å². The Morgan fingerprint density at radius 1 is 1.40 bits per heavy atom. The summed E-state index contributed by atoms with van der Waals surface area (Å²) < 4.78 is 0. The summed E-state index contributed by atoms with van der Waals surface area (Å²) in [6.07, 6.45) is 3.81. The van der Waals surface area contributed by atoms with Crippen molar-refractivity contribution in [3.05, 3.63) is 34.9 Å². The van der Waals surface area contributed by atoms with Crippen LogP contribution in [0.25, 0.3) is 0 Å². The van der Waals surface area contributed by atoms with Gasteiger partial charge >= 0.3 is 0 Å². The average molecular weight is 295 g/mol. The molecule has 1 heterocycles. The summed E-state index contributed by atoms with van der Waals surface area (Å²) in [5.74, 6) is 0. The van der Waals surface area contributed by atoms with Gasteiger partial charge < -0.3 is 10.2 Å². The van der Waals surface area contributed by atoms with Crippen LogP contribution in [0.4, 0.5) is 0 Å². The van der Waals surface area contributed by atoms with Crippen molar-refractivity contribution < 1.29 is 0 Å². The lowest BCUT2D eigenvalue weighted by molar-refractivity contribution is 0.113. The van der Waals surface area contributed by atoms with Crippen molar-refractivity contribution in [3.8, 4) is 0 Å². The number of likely N-dealkylation sites (tertiary alicyclic amines) is 1. The third-order valence-corrected chi connectivity index (χ3v) is 4.55. The van der Waals surface area contributed by atoms with Crippen molar-refractivity contribution in [1.29, 1.82) is 0 Å². The molecule has 1 aromatic rings. The Balaban J connectivity index is 1.91. The molecule has 1 aliphatic rings. The fraction of sp³-hybridized carbons (Fsp3) is 0.647. The largest absolute Gasteiger partial charge is 0.313 e. The molecule has 20 heavy (non-hydrogen) atoms. The Bertz CT molecular complexity index is 431. The summed E-state index contributed by atoms with van der Waals surface area (Å²) >= 11 is 6.09. The van der Waals surface area contributed by atoms with Crippen molar-refractivity contribution in [3.63, 3.8) is 0 Å². The highest BCUT2D eigenvalue weighted by Gasteiger charge is 2.26. The normalized spacial score (nSPS) is 20.8. The van der Waals surface area contributed by atoms with Crippen LogP contribution in [0.1, 0.15) is 44.7 Å². The zero-order chi connectivity index (χ0) is 14.6. The van der Waals surface area contributed by atoms with Crippen LogP contribution < -0.4 is 5.32 Å². The van der Waals surface area contributed by atoms with Gasteiger partial charge in [-0.1, -0.05) is 37.6 Å². The third-order valence-electron chi connectivity index (χ3n) is 4.31. The molecule has 2 nitrogen and oxygen atoms in total. The Hall–Kier alpha value is -0.570. The number of nitrogens with zero attached hydrogens (tertiary/aromatic N) is 1. The first-order valence-corrected chi connectivity index (χ1v) is 8.03. The standard InChI is InChI=1S/C17H27ClN2/c1-17(2)9-5-10-20(13-17)11-8-16(19-3)14-6-4-7-15(18)12-14/h4,6-7,12,16,19H,5,8-11,13H2,1-3H3. The van der Waals surface area contributed by atoms with Gasteiger partial charge in [-0.3, -0.25) is 0 Å². The van der Waals surface area contributed by atoms with E-state index in [0.29, 0.717) is 11.5 Å². The minimum Gasteiger partial charge on any atom is -0.313 e. The van der Waals surface area contributed by atoms with Crippen LogP contribution >= 0.6 is 11.6 Å². The summed E-state index contributed by atoms with van der Waals surface area (Å²) in [4.78, 5) is 2.61. The molecule has 1 N–H and O–H groups in total. The van der Waals surface area contributed by atoms with Crippen LogP contribution in [-0.2, 0) is 0 Å². The predicted octanol–water partition coefficient (Wildman–Crippen LogP) is 4.11. The van der Waals surface area contributed by atoms with Crippen LogP contribution in [0.3, 0.4) is 0 Å². The lowest BCUT2D eigenvalue weighted by atomic mass is 9.84. The SMILES string of the molecule is CNC(CCN1CCCC(C)(C)C1)c1cccc(Cl)c1. The van der Waals surface area contributed by atoms with Crippen molar-refractivity contribution >= 4 is 11.6 Å². The molecule has 0 saturated carbocycles. The quantitative estimate of drug-likeness (QED) is 0.879.